The number of nitrogens with zero attached hydrogens (tertiary/aromatic N) is 2. The third-order valence-corrected chi connectivity index (χ3v) is 5.03. The van der Waals surface area contributed by atoms with Gasteiger partial charge in [0.25, 0.3) is 5.91 Å². The number of nitrogens with one attached hydrogen (secondary N) is 1. The van der Waals surface area contributed by atoms with Crippen LogP contribution in [0.1, 0.15) is 40.2 Å². The van der Waals surface area contributed by atoms with Crippen LogP contribution in [0, 0.1) is 0 Å². The Morgan fingerprint density at radius 3 is 3.09 bits per heavy atom. The van der Waals surface area contributed by atoms with Crippen LogP contribution in [0.3, 0.4) is 0 Å². The topological polar surface area (TPSA) is 75.4 Å². The van der Waals surface area contributed by atoms with Crippen LogP contribution in [0.4, 0.5) is 0 Å². The summed E-state index contributed by atoms with van der Waals surface area (Å²) in [5, 5.41) is 3.78. The maximum atomic E-state index is 12.6. The molecule has 0 bridgehead atoms. The molecule has 0 saturated carbocycles. The minimum absolute atomic E-state index is 0.0992. The summed E-state index contributed by atoms with van der Waals surface area (Å²) in [4.78, 5) is 31.5. The van der Waals surface area contributed by atoms with Crippen molar-refractivity contribution in [2.75, 3.05) is 6.54 Å². The predicted molar refractivity (Wildman–Crippen MR) is 86.1 cm³/mol. The second kappa shape index (κ2) is 6.95. The van der Waals surface area contributed by atoms with Crippen molar-refractivity contribution in [2.24, 2.45) is 0 Å². The fourth-order valence-corrected chi connectivity index (χ4v) is 3.52. The van der Waals surface area contributed by atoms with E-state index >= 15 is 0 Å². The minimum Gasteiger partial charge on any atom is -0.467 e. The van der Waals surface area contributed by atoms with E-state index < -0.39 is 6.04 Å². The highest BCUT2D eigenvalue weighted by atomic mass is 32.1. The molecule has 1 N–H and O–H groups in total. The van der Waals surface area contributed by atoms with Crippen LogP contribution in [0.25, 0.3) is 0 Å². The second-order valence-electron chi connectivity index (χ2n) is 5.43. The van der Waals surface area contributed by atoms with E-state index in [0.717, 1.165) is 17.8 Å². The fourth-order valence-electron chi connectivity index (χ4n) is 2.70. The van der Waals surface area contributed by atoms with Gasteiger partial charge in [-0.05, 0) is 31.4 Å². The Morgan fingerprint density at radius 1 is 1.52 bits per heavy atom. The Morgan fingerprint density at radius 2 is 2.39 bits per heavy atom. The molecule has 23 heavy (non-hydrogen) atoms. The van der Waals surface area contributed by atoms with E-state index in [-0.39, 0.29) is 11.8 Å². The molecule has 2 aromatic rings. The smallest absolute Gasteiger partial charge is 0.266 e. The van der Waals surface area contributed by atoms with Gasteiger partial charge in [-0.25, -0.2) is 4.98 Å². The predicted octanol–water partition coefficient (Wildman–Crippen LogP) is 2.22. The molecule has 0 radical (unpaired) electrons. The van der Waals surface area contributed by atoms with Crippen molar-refractivity contribution >= 4 is 23.2 Å². The Labute approximate surface area is 138 Å². The van der Waals surface area contributed by atoms with Gasteiger partial charge in [-0.2, -0.15) is 0 Å². The lowest BCUT2D eigenvalue weighted by Crippen LogP contribution is -2.45. The standard InChI is InChI=1S/C16H19N3O3S/c1-2-14-17-10-13(23-14)16(21)19-7-3-6-12(19)15(20)18-9-11-5-4-8-22-11/h4-5,8,10,12H,2-3,6-7,9H2,1H3,(H,18,20). The molecule has 0 spiro atoms. The molecule has 1 atom stereocenters. The Kier molecular flexibility index (Phi) is 4.76. The first kappa shape index (κ1) is 15.7. The number of furan rings is 1. The van der Waals surface area contributed by atoms with Gasteiger partial charge in [-0.15, -0.1) is 11.3 Å². The molecule has 1 saturated heterocycles. The lowest BCUT2D eigenvalue weighted by molar-refractivity contribution is -0.125. The normalized spacial score (nSPS) is 17.4. The average molecular weight is 333 g/mol. The quantitative estimate of drug-likeness (QED) is 0.910. The molecule has 1 unspecified atom stereocenters. The SMILES string of the molecule is CCc1ncc(C(=O)N2CCCC2C(=O)NCc2ccco2)s1. The van der Waals surface area contributed by atoms with Crippen LogP contribution in [0.15, 0.2) is 29.0 Å². The van der Waals surface area contributed by atoms with Crippen molar-refractivity contribution in [1.82, 2.24) is 15.2 Å². The Hall–Kier alpha value is -2.15. The summed E-state index contributed by atoms with van der Waals surface area (Å²) in [6, 6.07) is 3.17. The number of amides is 2. The maximum Gasteiger partial charge on any atom is 0.266 e. The summed E-state index contributed by atoms with van der Waals surface area (Å²) in [5.41, 5.74) is 0. The molecule has 6 nitrogen and oxygen atoms in total. The van der Waals surface area contributed by atoms with E-state index in [0.29, 0.717) is 30.1 Å². The first-order valence-corrected chi connectivity index (χ1v) is 8.56. The molecule has 0 aliphatic carbocycles. The van der Waals surface area contributed by atoms with E-state index in [1.165, 1.54) is 11.3 Å². The second-order valence-corrected chi connectivity index (χ2v) is 6.54. The largest absolute Gasteiger partial charge is 0.467 e. The lowest BCUT2D eigenvalue weighted by Gasteiger charge is -2.23. The first-order chi connectivity index (χ1) is 11.2. The zero-order valence-electron chi connectivity index (χ0n) is 12.9. The molecule has 122 valence electrons. The summed E-state index contributed by atoms with van der Waals surface area (Å²) in [6.45, 7) is 2.95. The van der Waals surface area contributed by atoms with Crippen molar-refractivity contribution in [3.8, 4) is 0 Å². The number of rotatable bonds is 5. The van der Waals surface area contributed by atoms with Gasteiger partial charge in [0.1, 0.15) is 16.7 Å². The van der Waals surface area contributed by atoms with E-state index in [1.807, 2.05) is 6.92 Å². The number of aromatic nitrogens is 1. The summed E-state index contributed by atoms with van der Waals surface area (Å²) < 4.78 is 5.20. The highest BCUT2D eigenvalue weighted by molar-refractivity contribution is 7.13. The minimum atomic E-state index is -0.412. The summed E-state index contributed by atoms with van der Waals surface area (Å²) >= 11 is 1.40. The fraction of sp³-hybridized carbons (Fsp3) is 0.438. The number of aryl methyl sites for hydroxylation is 1. The Bertz CT molecular complexity index is 681. The lowest BCUT2D eigenvalue weighted by atomic mass is 10.2. The van der Waals surface area contributed by atoms with Gasteiger partial charge >= 0.3 is 0 Å². The summed E-state index contributed by atoms with van der Waals surface area (Å²) in [7, 11) is 0. The van der Waals surface area contributed by atoms with Crippen molar-refractivity contribution in [1.29, 1.82) is 0 Å². The highest BCUT2D eigenvalue weighted by Gasteiger charge is 2.35. The zero-order valence-corrected chi connectivity index (χ0v) is 13.8. The van der Waals surface area contributed by atoms with Crippen LogP contribution in [0.2, 0.25) is 0 Å². The number of carbonyl (C=O) groups is 2. The van der Waals surface area contributed by atoms with E-state index in [4.69, 9.17) is 4.42 Å². The van der Waals surface area contributed by atoms with Crippen molar-refractivity contribution in [3.05, 3.63) is 40.2 Å². The monoisotopic (exact) mass is 333 g/mol. The maximum absolute atomic E-state index is 12.6. The van der Waals surface area contributed by atoms with Crippen molar-refractivity contribution in [2.45, 2.75) is 38.8 Å². The molecule has 1 aliphatic rings. The molecule has 3 rings (SSSR count). The molecule has 7 heteroatoms. The first-order valence-electron chi connectivity index (χ1n) is 7.74. The molecule has 1 fully saturated rings. The van der Waals surface area contributed by atoms with Crippen LogP contribution >= 0.6 is 11.3 Å². The number of hydrogen-bond donors (Lipinski definition) is 1. The van der Waals surface area contributed by atoms with Gasteiger partial charge in [0, 0.05) is 6.54 Å². The number of hydrogen-bond acceptors (Lipinski definition) is 5. The molecule has 1 aliphatic heterocycles. The van der Waals surface area contributed by atoms with Crippen molar-refractivity contribution in [3.63, 3.8) is 0 Å². The van der Waals surface area contributed by atoms with Gasteiger partial charge in [-0.3, -0.25) is 9.59 Å². The van der Waals surface area contributed by atoms with E-state index in [1.54, 1.807) is 29.5 Å². The van der Waals surface area contributed by atoms with Crippen molar-refractivity contribution < 1.29 is 14.0 Å². The Balaban J connectivity index is 1.64. The van der Waals surface area contributed by atoms with Gasteiger partial charge in [-0.1, -0.05) is 6.92 Å². The van der Waals surface area contributed by atoms with Crippen LogP contribution in [-0.4, -0.2) is 34.3 Å². The summed E-state index contributed by atoms with van der Waals surface area (Å²) in [5.74, 6) is 0.467. The summed E-state index contributed by atoms with van der Waals surface area (Å²) in [6.07, 6.45) is 5.52. The van der Waals surface area contributed by atoms with Gasteiger partial charge in [0.2, 0.25) is 5.91 Å². The third-order valence-electron chi connectivity index (χ3n) is 3.90. The van der Waals surface area contributed by atoms with Crippen LogP contribution in [-0.2, 0) is 17.8 Å². The highest BCUT2D eigenvalue weighted by Crippen LogP contribution is 2.23. The number of carbonyl (C=O) groups excluding carboxylic acids is 2. The van der Waals surface area contributed by atoms with Gasteiger partial charge in [0.05, 0.1) is 24.0 Å². The van der Waals surface area contributed by atoms with E-state index in [9.17, 15) is 9.59 Å². The number of likely N-dealkylation sites (tertiary alicyclic amines) is 1. The molecule has 3 heterocycles. The van der Waals surface area contributed by atoms with Gasteiger partial charge in [0.15, 0.2) is 0 Å². The number of thiazole rings is 1. The molecular formula is C16H19N3O3S. The van der Waals surface area contributed by atoms with Crippen LogP contribution < -0.4 is 5.32 Å². The zero-order chi connectivity index (χ0) is 16.2. The molecule has 2 amide bonds. The molecule has 2 aromatic heterocycles. The molecule has 0 aromatic carbocycles. The van der Waals surface area contributed by atoms with Crippen LogP contribution in [0.5, 0.6) is 0 Å². The average Bonchev–Trinajstić information content (AvgIpc) is 3.32. The third kappa shape index (κ3) is 3.44. The van der Waals surface area contributed by atoms with E-state index in [2.05, 4.69) is 10.3 Å². The van der Waals surface area contributed by atoms with Gasteiger partial charge < -0.3 is 14.6 Å². The molecular weight excluding hydrogens is 314 g/mol.